The standard InChI is InChI=1S/C16H16N2O4/c19-15(13-4-2-1-3-5-13)16(20)17-11-10-12-6-8-14(9-7-12)18(21)22/h1-9,15,19H,10-11H2,(H,17,20). The van der Waals surface area contributed by atoms with E-state index < -0.39 is 16.9 Å². The maximum atomic E-state index is 11.8. The lowest BCUT2D eigenvalue weighted by atomic mass is 10.1. The summed E-state index contributed by atoms with van der Waals surface area (Å²) in [6.07, 6.45) is -0.663. The number of non-ortho nitro benzene ring substituents is 1. The molecule has 1 amide bonds. The molecule has 0 radical (unpaired) electrons. The van der Waals surface area contributed by atoms with Gasteiger partial charge in [0.25, 0.3) is 11.6 Å². The van der Waals surface area contributed by atoms with Crippen molar-refractivity contribution < 1.29 is 14.8 Å². The maximum absolute atomic E-state index is 11.8. The number of hydrogen-bond donors (Lipinski definition) is 2. The molecule has 0 bridgehead atoms. The molecule has 2 aromatic carbocycles. The van der Waals surface area contributed by atoms with Crippen LogP contribution < -0.4 is 5.32 Å². The zero-order chi connectivity index (χ0) is 15.9. The lowest BCUT2D eigenvalue weighted by molar-refractivity contribution is -0.384. The van der Waals surface area contributed by atoms with Crippen molar-refractivity contribution in [1.29, 1.82) is 0 Å². The Kier molecular flexibility index (Phi) is 5.21. The molecule has 6 nitrogen and oxygen atoms in total. The number of rotatable bonds is 6. The highest BCUT2D eigenvalue weighted by atomic mass is 16.6. The second-order valence-corrected chi connectivity index (χ2v) is 4.78. The molecule has 0 spiro atoms. The summed E-state index contributed by atoms with van der Waals surface area (Å²) in [5.74, 6) is -0.465. The van der Waals surface area contributed by atoms with Gasteiger partial charge in [-0.2, -0.15) is 0 Å². The SMILES string of the molecule is O=C(NCCc1ccc([N+](=O)[O-])cc1)C(O)c1ccccc1. The minimum Gasteiger partial charge on any atom is -0.378 e. The van der Waals surface area contributed by atoms with E-state index in [2.05, 4.69) is 5.32 Å². The van der Waals surface area contributed by atoms with E-state index in [1.807, 2.05) is 6.07 Å². The Bertz CT molecular complexity index is 641. The largest absolute Gasteiger partial charge is 0.378 e. The topological polar surface area (TPSA) is 92.5 Å². The van der Waals surface area contributed by atoms with Crippen LogP contribution >= 0.6 is 0 Å². The molecule has 0 saturated heterocycles. The van der Waals surface area contributed by atoms with Crippen LogP contribution in [-0.4, -0.2) is 22.5 Å². The van der Waals surface area contributed by atoms with Gasteiger partial charge in [-0.05, 0) is 17.5 Å². The second kappa shape index (κ2) is 7.33. The highest BCUT2D eigenvalue weighted by Gasteiger charge is 2.16. The molecule has 22 heavy (non-hydrogen) atoms. The number of benzene rings is 2. The number of nitrogens with one attached hydrogen (secondary N) is 1. The molecule has 0 saturated carbocycles. The number of aliphatic hydroxyl groups is 1. The molecule has 1 unspecified atom stereocenters. The first kappa shape index (κ1) is 15.7. The lowest BCUT2D eigenvalue weighted by Crippen LogP contribution is -2.30. The number of nitrogens with zero attached hydrogens (tertiary/aromatic N) is 1. The van der Waals surface area contributed by atoms with Gasteiger partial charge in [-0.3, -0.25) is 14.9 Å². The Hall–Kier alpha value is -2.73. The first-order chi connectivity index (χ1) is 10.6. The van der Waals surface area contributed by atoms with Crippen LogP contribution in [0, 0.1) is 10.1 Å². The molecule has 1 atom stereocenters. The Morgan fingerprint density at radius 2 is 1.77 bits per heavy atom. The summed E-state index contributed by atoms with van der Waals surface area (Å²) in [7, 11) is 0. The number of carbonyl (C=O) groups excluding carboxylic acids is 1. The summed E-state index contributed by atoms with van der Waals surface area (Å²) in [6.45, 7) is 0.348. The third-order valence-corrected chi connectivity index (χ3v) is 3.22. The van der Waals surface area contributed by atoms with Crippen molar-refractivity contribution in [2.45, 2.75) is 12.5 Å². The minimum atomic E-state index is -1.20. The van der Waals surface area contributed by atoms with E-state index in [4.69, 9.17) is 0 Å². The van der Waals surface area contributed by atoms with E-state index >= 15 is 0 Å². The normalized spacial score (nSPS) is 11.7. The number of amides is 1. The fraction of sp³-hybridized carbons (Fsp3) is 0.188. The predicted molar refractivity (Wildman–Crippen MR) is 81.2 cm³/mol. The van der Waals surface area contributed by atoms with Crippen LogP contribution in [0.3, 0.4) is 0 Å². The van der Waals surface area contributed by atoms with E-state index in [0.29, 0.717) is 18.5 Å². The monoisotopic (exact) mass is 300 g/mol. The summed E-state index contributed by atoms with van der Waals surface area (Å²) in [5, 5.41) is 23.1. The van der Waals surface area contributed by atoms with Crippen LogP contribution in [0.15, 0.2) is 54.6 Å². The van der Waals surface area contributed by atoms with E-state index in [-0.39, 0.29) is 5.69 Å². The van der Waals surface area contributed by atoms with Gasteiger partial charge < -0.3 is 10.4 Å². The highest BCUT2D eigenvalue weighted by molar-refractivity contribution is 5.81. The third-order valence-electron chi connectivity index (χ3n) is 3.22. The quantitative estimate of drug-likeness (QED) is 0.630. The van der Waals surface area contributed by atoms with Gasteiger partial charge in [-0.1, -0.05) is 42.5 Å². The van der Waals surface area contributed by atoms with Gasteiger partial charge in [0.2, 0.25) is 0 Å². The average molecular weight is 300 g/mol. The minimum absolute atomic E-state index is 0.0345. The van der Waals surface area contributed by atoms with Gasteiger partial charge in [0.05, 0.1) is 4.92 Å². The third kappa shape index (κ3) is 4.13. The molecule has 0 aromatic heterocycles. The van der Waals surface area contributed by atoms with E-state index in [1.165, 1.54) is 12.1 Å². The second-order valence-electron chi connectivity index (χ2n) is 4.78. The van der Waals surface area contributed by atoms with Gasteiger partial charge in [-0.15, -0.1) is 0 Å². The molecule has 0 aliphatic carbocycles. The summed E-state index contributed by atoms with van der Waals surface area (Å²) < 4.78 is 0. The van der Waals surface area contributed by atoms with Crippen molar-refractivity contribution in [1.82, 2.24) is 5.32 Å². The van der Waals surface area contributed by atoms with Gasteiger partial charge in [0.15, 0.2) is 6.10 Å². The van der Waals surface area contributed by atoms with Crippen LogP contribution in [0.25, 0.3) is 0 Å². The molecular weight excluding hydrogens is 284 g/mol. The molecule has 2 rings (SSSR count). The van der Waals surface area contributed by atoms with Crippen molar-refractivity contribution >= 4 is 11.6 Å². The summed E-state index contributed by atoms with van der Waals surface area (Å²) in [6, 6.07) is 14.8. The molecular formula is C16H16N2O4. The van der Waals surface area contributed by atoms with Crippen molar-refractivity contribution in [3.05, 3.63) is 75.8 Å². The van der Waals surface area contributed by atoms with E-state index in [9.17, 15) is 20.0 Å². The van der Waals surface area contributed by atoms with Crippen molar-refractivity contribution in [3.63, 3.8) is 0 Å². The van der Waals surface area contributed by atoms with Crippen LogP contribution in [0.5, 0.6) is 0 Å². The molecule has 2 N–H and O–H groups in total. The highest BCUT2D eigenvalue weighted by Crippen LogP contribution is 2.13. The Balaban J connectivity index is 1.83. The van der Waals surface area contributed by atoms with Crippen LogP contribution in [-0.2, 0) is 11.2 Å². The number of nitro groups is 1. The first-order valence-electron chi connectivity index (χ1n) is 6.82. The van der Waals surface area contributed by atoms with Gasteiger partial charge >= 0.3 is 0 Å². The zero-order valence-electron chi connectivity index (χ0n) is 11.8. The number of aliphatic hydroxyl groups excluding tert-OH is 1. The van der Waals surface area contributed by atoms with Crippen molar-refractivity contribution in [2.75, 3.05) is 6.54 Å². The smallest absolute Gasteiger partial charge is 0.269 e. The van der Waals surface area contributed by atoms with Crippen LogP contribution in [0.2, 0.25) is 0 Å². The van der Waals surface area contributed by atoms with Crippen LogP contribution in [0.4, 0.5) is 5.69 Å². The molecule has 2 aromatic rings. The van der Waals surface area contributed by atoms with Gasteiger partial charge in [0, 0.05) is 18.7 Å². The Morgan fingerprint density at radius 3 is 2.36 bits per heavy atom. The number of nitro benzene ring substituents is 1. The molecule has 0 heterocycles. The first-order valence-corrected chi connectivity index (χ1v) is 6.82. The summed E-state index contributed by atoms with van der Waals surface area (Å²) in [5.41, 5.74) is 1.45. The number of carbonyl (C=O) groups is 1. The summed E-state index contributed by atoms with van der Waals surface area (Å²) in [4.78, 5) is 21.9. The van der Waals surface area contributed by atoms with Crippen molar-refractivity contribution in [2.24, 2.45) is 0 Å². The van der Waals surface area contributed by atoms with E-state index in [0.717, 1.165) is 5.56 Å². The van der Waals surface area contributed by atoms with Crippen molar-refractivity contribution in [3.8, 4) is 0 Å². The molecule has 114 valence electrons. The molecule has 6 heteroatoms. The van der Waals surface area contributed by atoms with Gasteiger partial charge in [-0.25, -0.2) is 0 Å². The zero-order valence-corrected chi connectivity index (χ0v) is 11.8. The molecule has 0 aliphatic heterocycles. The predicted octanol–water partition coefficient (Wildman–Crippen LogP) is 1.99. The Morgan fingerprint density at radius 1 is 1.14 bits per heavy atom. The fourth-order valence-corrected chi connectivity index (χ4v) is 2.00. The summed E-state index contributed by atoms with van der Waals surface area (Å²) >= 11 is 0. The maximum Gasteiger partial charge on any atom is 0.269 e. The fourth-order valence-electron chi connectivity index (χ4n) is 2.00. The number of hydrogen-bond acceptors (Lipinski definition) is 4. The van der Waals surface area contributed by atoms with Crippen LogP contribution in [0.1, 0.15) is 17.2 Å². The van der Waals surface area contributed by atoms with E-state index in [1.54, 1.807) is 36.4 Å². The molecule has 0 aliphatic rings. The molecule has 0 fully saturated rings. The average Bonchev–Trinajstić information content (AvgIpc) is 2.55. The lowest BCUT2D eigenvalue weighted by Gasteiger charge is -2.11. The Labute approximate surface area is 127 Å². The van der Waals surface area contributed by atoms with Gasteiger partial charge in [0.1, 0.15) is 0 Å².